The molecule has 4 heteroatoms. The summed E-state index contributed by atoms with van der Waals surface area (Å²) in [4.78, 5) is 13.0. The zero-order valence-electron chi connectivity index (χ0n) is 11.8. The van der Waals surface area contributed by atoms with Crippen LogP contribution in [-0.2, 0) is 11.3 Å². The number of likely N-dealkylation sites (tertiary alicyclic amines) is 1. The van der Waals surface area contributed by atoms with Gasteiger partial charge in [-0.05, 0) is 37.1 Å². The van der Waals surface area contributed by atoms with Gasteiger partial charge in [0.15, 0.2) is 0 Å². The van der Waals surface area contributed by atoms with E-state index in [1.165, 1.54) is 31.4 Å². The fraction of sp³-hybridized carbons (Fsp3) is 0.562. The molecule has 110 valence electrons. The number of carbonyl (C=O) groups is 1. The predicted octanol–water partition coefficient (Wildman–Crippen LogP) is 3.25. The minimum absolute atomic E-state index is 0.281. The SMILES string of the molecule is O=C(O)CCSCC[C@H]1CCCN1Cc1ccccc1. The Labute approximate surface area is 125 Å². The van der Waals surface area contributed by atoms with Crippen molar-refractivity contribution < 1.29 is 9.90 Å². The van der Waals surface area contributed by atoms with Crippen LogP contribution in [0.5, 0.6) is 0 Å². The summed E-state index contributed by atoms with van der Waals surface area (Å²) in [7, 11) is 0. The Kier molecular flexibility index (Phi) is 6.40. The molecule has 2 rings (SSSR count). The van der Waals surface area contributed by atoms with Crippen molar-refractivity contribution in [1.82, 2.24) is 4.90 Å². The summed E-state index contributed by atoms with van der Waals surface area (Å²) in [5, 5.41) is 8.61. The molecule has 0 aromatic heterocycles. The number of hydrogen-bond donors (Lipinski definition) is 1. The second-order valence-electron chi connectivity index (χ2n) is 5.30. The van der Waals surface area contributed by atoms with Gasteiger partial charge >= 0.3 is 5.97 Å². The number of carboxylic acids is 1. The molecular weight excluding hydrogens is 270 g/mol. The molecular formula is C16H23NO2S. The van der Waals surface area contributed by atoms with Crippen molar-refractivity contribution in [2.24, 2.45) is 0 Å². The van der Waals surface area contributed by atoms with E-state index in [0.29, 0.717) is 6.04 Å². The van der Waals surface area contributed by atoms with Gasteiger partial charge in [0.1, 0.15) is 0 Å². The van der Waals surface area contributed by atoms with Gasteiger partial charge in [0.25, 0.3) is 0 Å². The molecule has 1 aromatic carbocycles. The number of benzene rings is 1. The van der Waals surface area contributed by atoms with Crippen LogP contribution < -0.4 is 0 Å². The van der Waals surface area contributed by atoms with Crippen molar-refractivity contribution >= 4 is 17.7 Å². The van der Waals surface area contributed by atoms with E-state index < -0.39 is 5.97 Å². The molecule has 1 aromatic rings. The van der Waals surface area contributed by atoms with Crippen molar-refractivity contribution in [3.05, 3.63) is 35.9 Å². The summed E-state index contributed by atoms with van der Waals surface area (Å²) < 4.78 is 0. The number of thioether (sulfide) groups is 1. The Morgan fingerprint density at radius 3 is 2.85 bits per heavy atom. The lowest BCUT2D eigenvalue weighted by molar-refractivity contribution is -0.136. The molecule has 1 saturated heterocycles. The van der Waals surface area contributed by atoms with E-state index in [0.717, 1.165) is 18.1 Å². The van der Waals surface area contributed by atoms with Crippen LogP contribution in [0.1, 0.15) is 31.2 Å². The summed E-state index contributed by atoms with van der Waals surface area (Å²) in [5.74, 6) is 1.12. The van der Waals surface area contributed by atoms with Crippen LogP contribution in [0.3, 0.4) is 0 Å². The lowest BCUT2D eigenvalue weighted by Crippen LogP contribution is -2.29. The Hall–Kier alpha value is -1.00. The maximum absolute atomic E-state index is 10.5. The van der Waals surface area contributed by atoms with Crippen LogP contribution in [0.2, 0.25) is 0 Å². The van der Waals surface area contributed by atoms with Gasteiger partial charge in [0.05, 0.1) is 6.42 Å². The van der Waals surface area contributed by atoms with Crippen LogP contribution in [-0.4, -0.2) is 40.1 Å². The standard InChI is InChI=1S/C16H23NO2S/c18-16(19)9-12-20-11-8-15-7-4-10-17(15)13-14-5-2-1-3-6-14/h1-3,5-6,15H,4,7-13H2,(H,18,19)/t15-/m1/s1. The Morgan fingerprint density at radius 1 is 1.30 bits per heavy atom. The van der Waals surface area contributed by atoms with E-state index in [9.17, 15) is 4.79 Å². The van der Waals surface area contributed by atoms with E-state index >= 15 is 0 Å². The second-order valence-corrected chi connectivity index (χ2v) is 6.52. The third-order valence-corrected chi connectivity index (χ3v) is 4.80. The lowest BCUT2D eigenvalue weighted by Gasteiger charge is -2.24. The summed E-state index contributed by atoms with van der Waals surface area (Å²) in [5.41, 5.74) is 1.39. The number of nitrogens with zero attached hydrogens (tertiary/aromatic N) is 1. The topological polar surface area (TPSA) is 40.5 Å². The van der Waals surface area contributed by atoms with E-state index in [1.807, 2.05) is 0 Å². The average Bonchev–Trinajstić information content (AvgIpc) is 2.87. The van der Waals surface area contributed by atoms with Gasteiger partial charge in [-0.3, -0.25) is 9.69 Å². The quantitative estimate of drug-likeness (QED) is 0.747. The third kappa shape index (κ3) is 5.17. The molecule has 1 atom stereocenters. The molecule has 1 aliphatic heterocycles. The number of rotatable bonds is 8. The van der Waals surface area contributed by atoms with Crippen LogP contribution in [0.15, 0.2) is 30.3 Å². The molecule has 0 unspecified atom stereocenters. The zero-order valence-corrected chi connectivity index (χ0v) is 12.6. The van der Waals surface area contributed by atoms with Crippen LogP contribution in [0, 0.1) is 0 Å². The van der Waals surface area contributed by atoms with Gasteiger partial charge in [-0.25, -0.2) is 0 Å². The fourth-order valence-corrected chi connectivity index (χ4v) is 3.69. The van der Waals surface area contributed by atoms with Gasteiger partial charge < -0.3 is 5.11 Å². The first kappa shape index (κ1) is 15.4. The highest BCUT2D eigenvalue weighted by atomic mass is 32.2. The third-order valence-electron chi connectivity index (χ3n) is 3.78. The van der Waals surface area contributed by atoms with Gasteiger partial charge in [-0.2, -0.15) is 11.8 Å². The summed E-state index contributed by atoms with van der Waals surface area (Å²) >= 11 is 1.77. The van der Waals surface area contributed by atoms with Crippen molar-refractivity contribution in [2.45, 2.75) is 38.3 Å². The van der Waals surface area contributed by atoms with Gasteiger partial charge in [0.2, 0.25) is 0 Å². The molecule has 0 saturated carbocycles. The van der Waals surface area contributed by atoms with Crippen molar-refractivity contribution in [3.63, 3.8) is 0 Å². The van der Waals surface area contributed by atoms with Crippen LogP contribution >= 0.6 is 11.8 Å². The number of carboxylic acid groups (broad SMARTS) is 1. The number of aliphatic carboxylic acids is 1. The van der Waals surface area contributed by atoms with Crippen LogP contribution in [0.25, 0.3) is 0 Å². The zero-order chi connectivity index (χ0) is 14.2. The van der Waals surface area contributed by atoms with Crippen molar-refractivity contribution in [3.8, 4) is 0 Å². The molecule has 0 bridgehead atoms. The highest BCUT2D eigenvalue weighted by Crippen LogP contribution is 2.24. The molecule has 1 heterocycles. The highest BCUT2D eigenvalue weighted by Gasteiger charge is 2.23. The maximum Gasteiger partial charge on any atom is 0.304 e. The Morgan fingerprint density at radius 2 is 2.10 bits per heavy atom. The second kappa shape index (κ2) is 8.32. The van der Waals surface area contributed by atoms with Gasteiger partial charge in [0, 0.05) is 18.3 Å². The summed E-state index contributed by atoms with van der Waals surface area (Å²) in [6, 6.07) is 11.3. The first-order valence-electron chi connectivity index (χ1n) is 7.33. The fourth-order valence-electron chi connectivity index (χ4n) is 2.73. The minimum atomic E-state index is -0.691. The molecule has 0 spiro atoms. The van der Waals surface area contributed by atoms with Crippen molar-refractivity contribution in [1.29, 1.82) is 0 Å². The number of hydrogen-bond acceptors (Lipinski definition) is 3. The maximum atomic E-state index is 10.5. The highest BCUT2D eigenvalue weighted by molar-refractivity contribution is 7.99. The smallest absolute Gasteiger partial charge is 0.304 e. The van der Waals surface area contributed by atoms with Crippen LogP contribution in [0.4, 0.5) is 0 Å². The average molecular weight is 293 g/mol. The monoisotopic (exact) mass is 293 g/mol. The molecule has 0 amide bonds. The van der Waals surface area contributed by atoms with E-state index in [4.69, 9.17) is 5.11 Å². The lowest BCUT2D eigenvalue weighted by atomic mass is 10.1. The molecule has 20 heavy (non-hydrogen) atoms. The van der Waals surface area contributed by atoms with E-state index in [-0.39, 0.29) is 6.42 Å². The largest absolute Gasteiger partial charge is 0.481 e. The van der Waals surface area contributed by atoms with E-state index in [1.54, 1.807) is 11.8 Å². The Bertz CT molecular complexity index is 410. The molecule has 1 N–H and O–H groups in total. The van der Waals surface area contributed by atoms with E-state index in [2.05, 4.69) is 35.2 Å². The molecule has 1 aliphatic rings. The summed E-state index contributed by atoms with van der Waals surface area (Å²) in [6.07, 6.45) is 4.03. The first-order valence-corrected chi connectivity index (χ1v) is 8.48. The normalized spacial score (nSPS) is 19.3. The Balaban J connectivity index is 1.69. The van der Waals surface area contributed by atoms with Crippen molar-refractivity contribution in [2.75, 3.05) is 18.1 Å². The minimum Gasteiger partial charge on any atom is -0.481 e. The first-order chi connectivity index (χ1) is 9.75. The molecule has 1 fully saturated rings. The van der Waals surface area contributed by atoms with Gasteiger partial charge in [-0.15, -0.1) is 0 Å². The molecule has 3 nitrogen and oxygen atoms in total. The molecule has 0 aliphatic carbocycles. The molecule has 0 radical (unpaired) electrons. The van der Waals surface area contributed by atoms with Gasteiger partial charge in [-0.1, -0.05) is 30.3 Å². The predicted molar refractivity (Wildman–Crippen MR) is 84.1 cm³/mol. The summed E-state index contributed by atoms with van der Waals surface area (Å²) in [6.45, 7) is 2.24.